The molecule has 0 N–H and O–H groups in total. The summed E-state index contributed by atoms with van der Waals surface area (Å²) in [5, 5.41) is 0. The fourth-order valence-corrected chi connectivity index (χ4v) is 2.02. The summed E-state index contributed by atoms with van der Waals surface area (Å²) in [6.07, 6.45) is 15.8. The van der Waals surface area contributed by atoms with E-state index in [1.807, 2.05) is 20.0 Å². The molecule has 1 aliphatic heterocycles. The average Bonchev–Trinajstić information content (AvgIpc) is 2.88. The second-order valence-electron chi connectivity index (χ2n) is 4.57. The lowest BCUT2D eigenvalue weighted by atomic mass is 10.1. The van der Waals surface area contributed by atoms with Crippen molar-refractivity contribution in [2.24, 2.45) is 0 Å². The van der Waals surface area contributed by atoms with Crippen molar-refractivity contribution in [1.29, 1.82) is 0 Å². The van der Waals surface area contributed by atoms with Gasteiger partial charge < -0.3 is 9.80 Å². The van der Waals surface area contributed by atoms with Crippen molar-refractivity contribution in [1.82, 2.24) is 9.80 Å². The molecule has 1 aliphatic rings. The van der Waals surface area contributed by atoms with Gasteiger partial charge in [0, 0.05) is 18.9 Å². The molecule has 2 heteroatoms. The predicted octanol–water partition coefficient (Wildman–Crippen LogP) is 5.59. The molecule has 0 saturated carbocycles. The van der Waals surface area contributed by atoms with E-state index in [9.17, 15) is 0 Å². The van der Waals surface area contributed by atoms with E-state index in [1.165, 1.54) is 51.5 Å². The van der Waals surface area contributed by atoms with Crippen LogP contribution in [-0.2, 0) is 0 Å². The first-order valence-electron chi connectivity index (χ1n) is 7.67. The second-order valence-corrected chi connectivity index (χ2v) is 4.57. The Morgan fingerprint density at radius 2 is 1.58 bits per heavy atom. The van der Waals surface area contributed by atoms with Crippen molar-refractivity contribution in [2.75, 3.05) is 13.2 Å². The quantitative estimate of drug-likeness (QED) is 0.503. The molecule has 0 bridgehead atoms. The van der Waals surface area contributed by atoms with Gasteiger partial charge in [0.15, 0.2) is 0 Å². The number of hydrogen-bond acceptors (Lipinski definition) is 2. The highest BCUT2D eigenvalue weighted by atomic mass is 15.3. The molecule has 0 atom stereocenters. The van der Waals surface area contributed by atoms with E-state index in [1.54, 1.807) is 0 Å². The van der Waals surface area contributed by atoms with E-state index in [0.29, 0.717) is 0 Å². The highest BCUT2D eigenvalue weighted by molar-refractivity contribution is 4.94. The van der Waals surface area contributed by atoms with Crippen LogP contribution in [0.4, 0.5) is 0 Å². The first kappa shape index (κ1) is 20.4. The summed E-state index contributed by atoms with van der Waals surface area (Å²) in [6, 6.07) is 0. The Morgan fingerprint density at radius 1 is 1.00 bits per heavy atom. The zero-order chi connectivity index (χ0) is 13.6. The van der Waals surface area contributed by atoms with Crippen molar-refractivity contribution >= 4 is 0 Å². The average molecular weight is 268 g/mol. The Kier molecular flexibility index (Phi) is 16.3. The second kappa shape index (κ2) is 15.1. The van der Waals surface area contributed by atoms with Crippen LogP contribution in [0, 0.1) is 0 Å². The third-order valence-corrected chi connectivity index (χ3v) is 3.10. The number of rotatable bonds is 9. The summed E-state index contributed by atoms with van der Waals surface area (Å²) in [5.74, 6) is 0. The Labute approximate surface area is 122 Å². The van der Waals surface area contributed by atoms with E-state index in [4.69, 9.17) is 0 Å². The normalized spacial score (nSPS) is 12.8. The third-order valence-electron chi connectivity index (χ3n) is 3.10. The highest BCUT2D eigenvalue weighted by Crippen LogP contribution is 2.10. The Bertz CT molecular complexity index is 211. The summed E-state index contributed by atoms with van der Waals surface area (Å²) >= 11 is 0. The van der Waals surface area contributed by atoms with Gasteiger partial charge in [-0.15, -0.1) is 0 Å². The standard InChI is InChI=1S/C14H26N2.C2H6.CH4/c1-3-5-6-7-8-9-10-11-16-13-12-15(4-2)14-16;1-2;/h4,12-13H,2-3,5-11,14H2,1H3;1-2H3;1H4. The molecule has 0 amide bonds. The van der Waals surface area contributed by atoms with Gasteiger partial charge in [-0.25, -0.2) is 0 Å². The molecule has 0 aromatic carbocycles. The number of nitrogens with zero attached hydrogens (tertiary/aromatic N) is 2. The lowest BCUT2D eigenvalue weighted by Gasteiger charge is -2.18. The first-order valence-corrected chi connectivity index (χ1v) is 7.67. The molecule has 0 fully saturated rings. The van der Waals surface area contributed by atoms with Crippen molar-refractivity contribution in [3.63, 3.8) is 0 Å². The predicted molar refractivity (Wildman–Crippen MR) is 88.8 cm³/mol. The van der Waals surface area contributed by atoms with E-state index in [-0.39, 0.29) is 7.43 Å². The molecule has 2 nitrogen and oxygen atoms in total. The van der Waals surface area contributed by atoms with Gasteiger partial charge in [0.2, 0.25) is 0 Å². The van der Waals surface area contributed by atoms with Gasteiger partial charge in [-0.2, -0.15) is 0 Å². The van der Waals surface area contributed by atoms with Gasteiger partial charge >= 0.3 is 0 Å². The largest absolute Gasteiger partial charge is 0.358 e. The van der Waals surface area contributed by atoms with E-state index >= 15 is 0 Å². The molecule has 19 heavy (non-hydrogen) atoms. The minimum absolute atomic E-state index is 0. The minimum atomic E-state index is 0. The van der Waals surface area contributed by atoms with E-state index in [0.717, 1.165) is 6.67 Å². The molecule has 0 spiro atoms. The van der Waals surface area contributed by atoms with Crippen LogP contribution in [0.2, 0.25) is 0 Å². The molecule has 0 aromatic rings. The summed E-state index contributed by atoms with van der Waals surface area (Å²) < 4.78 is 0. The SMILES string of the molecule is C.C=CN1C=CN(CCCCCCCCC)C1.CC. The molecule has 1 heterocycles. The first-order chi connectivity index (χ1) is 8.86. The van der Waals surface area contributed by atoms with Crippen LogP contribution in [-0.4, -0.2) is 23.0 Å². The molecule has 0 aliphatic carbocycles. The Balaban J connectivity index is 0. The number of unbranched alkanes of at least 4 members (excludes halogenated alkanes) is 6. The lowest BCUT2D eigenvalue weighted by molar-refractivity contribution is 0.307. The molecule has 114 valence electrons. The maximum Gasteiger partial charge on any atom is 0.0935 e. The van der Waals surface area contributed by atoms with Gasteiger partial charge in [-0.3, -0.25) is 0 Å². The van der Waals surface area contributed by atoms with Crippen molar-refractivity contribution < 1.29 is 0 Å². The fraction of sp³-hybridized carbons (Fsp3) is 0.765. The molecule has 0 aromatic heterocycles. The maximum absolute atomic E-state index is 3.76. The van der Waals surface area contributed by atoms with E-state index in [2.05, 4.69) is 35.7 Å². The zero-order valence-corrected chi connectivity index (χ0v) is 12.7. The van der Waals surface area contributed by atoms with E-state index < -0.39 is 0 Å². The van der Waals surface area contributed by atoms with Crippen LogP contribution in [0.3, 0.4) is 0 Å². The molecule has 0 unspecified atom stereocenters. The Morgan fingerprint density at radius 3 is 2.11 bits per heavy atom. The van der Waals surface area contributed by atoms with Crippen molar-refractivity contribution in [2.45, 2.75) is 73.1 Å². The number of hydrogen-bond donors (Lipinski definition) is 0. The minimum Gasteiger partial charge on any atom is -0.358 e. The molecule has 0 radical (unpaired) electrons. The van der Waals surface area contributed by atoms with Gasteiger partial charge in [-0.1, -0.05) is 73.3 Å². The summed E-state index contributed by atoms with van der Waals surface area (Å²) in [5.41, 5.74) is 0. The topological polar surface area (TPSA) is 6.48 Å². The van der Waals surface area contributed by atoms with Gasteiger partial charge in [-0.05, 0) is 12.6 Å². The van der Waals surface area contributed by atoms with Gasteiger partial charge in [0.05, 0.1) is 6.67 Å². The summed E-state index contributed by atoms with van der Waals surface area (Å²) in [4.78, 5) is 4.47. The summed E-state index contributed by atoms with van der Waals surface area (Å²) in [7, 11) is 0. The Hall–Kier alpha value is -0.920. The highest BCUT2D eigenvalue weighted by Gasteiger charge is 2.07. The third kappa shape index (κ3) is 10.7. The van der Waals surface area contributed by atoms with Gasteiger partial charge in [0.25, 0.3) is 0 Å². The van der Waals surface area contributed by atoms with Crippen LogP contribution in [0.25, 0.3) is 0 Å². The smallest absolute Gasteiger partial charge is 0.0935 e. The molecule has 0 saturated heterocycles. The zero-order valence-electron chi connectivity index (χ0n) is 12.7. The van der Waals surface area contributed by atoms with Crippen molar-refractivity contribution in [3.8, 4) is 0 Å². The van der Waals surface area contributed by atoms with Crippen LogP contribution in [0.1, 0.15) is 73.1 Å². The van der Waals surface area contributed by atoms with Crippen LogP contribution in [0.5, 0.6) is 0 Å². The molecular weight excluding hydrogens is 232 g/mol. The maximum atomic E-state index is 3.76. The summed E-state index contributed by atoms with van der Waals surface area (Å²) in [6.45, 7) is 12.2. The fourth-order valence-electron chi connectivity index (χ4n) is 2.02. The lowest BCUT2D eigenvalue weighted by Crippen LogP contribution is -2.22. The monoisotopic (exact) mass is 268 g/mol. The van der Waals surface area contributed by atoms with Crippen molar-refractivity contribution in [3.05, 3.63) is 25.2 Å². The van der Waals surface area contributed by atoms with Gasteiger partial charge in [0.1, 0.15) is 0 Å². The molecular formula is C17H36N2. The van der Waals surface area contributed by atoms with Crippen LogP contribution < -0.4 is 0 Å². The van der Waals surface area contributed by atoms with Crippen LogP contribution in [0.15, 0.2) is 25.2 Å². The van der Waals surface area contributed by atoms with Crippen LogP contribution >= 0.6 is 0 Å². The molecule has 1 rings (SSSR count).